The van der Waals surface area contributed by atoms with Crippen molar-refractivity contribution in [2.75, 3.05) is 33.7 Å². The number of amides is 1. The summed E-state index contributed by atoms with van der Waals surface area (Å²) in [7, 11) is 3.76. The largest absolute Gasteiger partial charge is 0.416 e. The highest BCUT2D eigenvalue weighted by molar-refractivity contribution is 5.94. The zero-order valence-electron chi connectivity index (χ0n) is 16.9. The fourth-order valence-corrected chi connectivity index (χ4v) is 2.84. The zero-order chi connectivity index (χ0) is 23.2. The molecule has 0 spiro atoms. The van der Waals surface area contributed by atoms with Gasteiger partial charge in [-0.2, -0.15) is 26.3 Å². The molecule has 1 atom stereocenters. The highest BCUT2D eigenvalue weighted by atomic mass is 19.4. The van der Waals surface area contributed by atoms with E-state index in [1.54, 1.807) is 18.2 Å². The Morgan fingerprint density at radius 2 is 1.48 bits per heavy atom. The zero-order valence-corrected chi connectivity index (χ0v) is 16.9. The molecular weight excluding hydrogens is 424 g/mol. The number of alkyl halides is 6. The average Bonchev–Trinajstić information content (AvgIpc) is 2.69. The van der Waals surface area contributed by atoms with Gasteiger partial charge < -0.3 is 15.5 Å². The monoisotopic (exact) mass is 447 g/mol. The van der Waals surface area contributed by atoms with Crippen LogP contribution in [0.2, 0.25) is 0 Å². The summed E-state index contributed by atoms with van der Waals surface area (Å²) in [4.78, 5) is 14.4. The molecular formula is C21H23F6N3O. The van der Waals surface area contributed by atoms with Gasteiger partial charge in [-0.1, -0.05) is 30.3 Å². The fourth-order valence-electron chi connectivity index (χ4n) is 2.84. The molecule has 0 saturated heterocycles. The Labute approximate surface area is 176 Å². The van der Waals surface area contributed by atoms with Crippen molar-refractivity contribution in [1.82, 2.24) is 15.5 Å². The van der Waals surface area contributed by atoms with Crippen LogP contribution in [-0.2, 0) is 12.4 Å². The van der Waals surface area contributed by atoms with Crippen LogP contribution in [0.1, 0.15) is 33.1 Å². The number of carbonyl (C=O) groups excluding carboxylic acids is 1. The summed E-state index contributed by atoms with van der Waals surface area (Å²) >= 11 is 0. The van der Waals surface area contributed by atoms with E-state index in [0.717, 1.165) is 5.56 Å². The molecule has 0 unspecified atom stereocenters. The molecule has 0 aliphatic heterocycles. The third-order valence-corrected chi connectivity index (χ3v) is 4.47. The molecule has 2 rings (SSSR count). The van der Waals surface area contributed by atoms with Crippen molar-refractivity contribution >= 4 is 5.91 Å². The summed E-state index contributed by atoms with van der Waals surface area (Å²) in [6.45, 7) is 1.23. The molecule has 1 amide bonds. The lowest BCUT2D eigenvalue weighted by Crippen LogP contribution is -2.37. The molecule has 0 radical (unpaired) electrons. The molecule has 4 nitrogen and oxygen atoms in total. The first kappa shape index (κ1) is 24.7. The number of carbonyl (C=O) groups is 1. The predicted octanol–water partition coefficient (Wildman–Crippen LogP) is 4.35. The van der Waals surface area contributed by atoms with Gasteiger partial charge in [0.1, 0.15) is 0 Å². The third kappa shape index (κ3) is 7.55. The van der Waals surface area contributed by atoms with Crippen LogP contribution in [-0.4, -0.2) is 44.5 Å². The minimum atomic E-state index is -5.02. The molecule has 10 heteroatoms. The number of benzene rings is 2. The van der Waals surface area contributed by atoms with E-state index in [1.807, 2.05) is 31.1 Å². The maximum Gasteiger partial charge on any atom is 0.416 e. The van der Waals surface area contributed by atoms with E-state index in [2.05, 4.69) is 10.6 Å². The molecule has 0 aromatic heterocycles. The van der Waals surface area contributed by atoms with Crippen molar-refractivity contribution in [2.24, 2.45) is 0 Å². The molecule has 2 N–H and O–H groups in total. The SMILES string of the molecule is CN(C)CCN[C@H](CNC(=O)c1cc(C(F)(F)F)cc(C(F)(F)F)c1)c1ccccc1. The standard InChI is InChI=1S/C21H23F6N3O/c1-30(2)9-8-28-18(14-6-4-3-5-7-14)13-29-19(31)15-10-16(20(22,23)24)12-17(11-15)21(25,26)27/h3-7,10-12,18,28H,8-9,13H2,1-2H3,(H,29,31)/t18-/m1/s1. The lowest BCUT2D eigenvalue weighted by molar-refractivity contribution is -0.143. The summed E-state index contributed by atoms with van der Waals surface area (Å²) in [5, 5.41) is 5.67. The van der Waals surface area contributed by atoms with Crippen LogP contribution in [0, 0.1) is 0 Å². The van der Waals surface area contributed by atoms with Crippen LogP contribution in [0.5, 0.6) is 0 Å². The number of likely N-dealkylation sites (N-methyl/N-ethyl adjacent to an activating group) is 1. The molecule has 0 heterocycles. The first-order valence-electron chi connectivity index (χ1n) is 9.38. The predicted molar refractivity (Wildman–Crippen MR) is 105 cm³/mol. The summed E-state index contributed by atoms with van der Waals surface area (Å²) < 4.78 is 78.2. The van der Waals surface area contributed by atoms with E-state index in [-0.39, 0.29) is 18.7 Å². The second-order valence-electron chi connectivity index (χ2n) is 7.23. The maximum atomic E-state index is 13.0. The first-order valence-corrected chi connectivity index (χ1v) is 9.38. The normalized spacial score (nSPS) is 13.3. The highest BCUT2D eigenvalue weighted by Crippen LogP contribution is 2.36. The number of halogens is 6. The quantitative estimate of drug-likeness (QED) is 0.592. The first-order chi connectivity index (χ1) is 14.4. The summed E-state index contributed by atoms with van der Waals surface area (Å²) in [5.41, 5.74) is -2.95. The van der Waals surface area contributed by atoms with Crippen molar-refractivity contribution < 1.29 is 31.1 Å². The van der Waals surface area contributed by atoms with Crippen molar-refractivity contribution in [3.63, 3.8) is 0 Å². The number of nitrogens with zero attached hydrogens (tertiary/aromatic N) is 1. The number of nitrogens with one attached hydrogen (secondary N) is 2. The molecule has 2 aromatic rings. The van der Waals surface area contributed by atoms with Crippen LogP contribution >= 0.6 is 0 Å². The van der Waals surface area contributed by atoms with Gasteiger partial charge in [0.05, 0.1) is 11.1 Å². The second-order valence-corrected chi connectivity index (χ2v) is 7.23. The Morgan fingerprint density at radius 1 is 0.935 bits per heavy atom. The summed E-state index contributed by atoms with van der Waals surface area (Å²) in [6.07, 6.45) is -10.0. The van der Waals surface area contributed by atoms with Gasteiger partial charge in [-0.25, -0.2) is 0 Å². The molecule has 0 bridgehead atoms. The molecule has 170 valence electrons. The summed E-state index contributed by atoms with van der Waals surface area (Å²) in [5.74, 6) is -1.02. The lowest BCUT2D eigenvalue weighted by atomic mass is 10.0. The smallest absolute Gasteiger partial charge is 0.350 e. The highest BCUT2D eigenvalue weighted by Gasteiger charge is 2.37. The topological polar surface area (TPSA) is 44.4 Å². The van der Waals surface area contributed by atoms with E-state index >= 15 is 0 Å². The van der Waals surface area contributed by atoms with Crippen LogP contribution in [0.15, 0.2) is 48.5 Å². The van der Waals surface area contributed by atoms with Gasteiger partial charge in [-0.05, 0) is 37.9 Å². The fraction of sp³-hybridized carbons (Fsp3) is 0.381. The van der Waals surface area contributed by atoms with E-state index in [0.29, 0.717) is 25.2 Å². The van der Waals surface area contributed by atoms with E-state index < -0.39 is 35.0 Å². The van der Waals surface area contributed by atoms with Gasteiger partial charge in [0.25, 0.3) is 5.91 Å². The van der Waals surface area contributed by atoms with Crippen molar-refractivity contribution in [1.29, 1.82) is 0 Å². The van der Waals surface area contributed by atoms with Crippen LogP contribution in [0.3, 0.4) is 0 Å². The molecule has 0 fully saturated rings. The third-order valence-electron chi connectivity index (χ3n) is 4.47. The van der Waals surface area contributed by atoms with E-state index in [9.17, 15) is 31.1 Å². The van der Waals surface area contributed by atoms with Gasteiger partial charge in [-0.15, -0.1) is 0 Å². The van der Waals surface area contributed by atoms with Crippen molar-refractivity contribution in [3.05, 3.63) is 70.8 Å². The summed E-state index contributed by atoms with van der Waals surface area (Å²) in [6, 6.07) is 9.46. The minimum absolute atomic E-state index is 0.00758. The molecule has 0 aliphatic carbocycles. The Hall–Kier alpha value is -2.59. The van der Waals surface area contributed by atoms with Crippen LogP contribution in [0.25, 0.3) is 0 Å². The second kappa shape index (κ2) is 10.1. The molecule has 0 aliphatic rings. The van der Waals surface area contributed by atoms with Gasteiger partial charge in [0.2, 0.25) is 0 Å². The average molecular weight is 447 g/mol. The van der Waals surface area contributed by atoms with Crippen LogP contribution < -0.4 is 10.6 Å². The van der Waals surface area contributed by atoms with E-state index in [4.69, 9.17) is 0 Å². The van der Waals surface area contributed by atoms with Crippen molar-refractivity contribution in [3.8, 4) is 0 Å². The van der Waals surface area contributed by atoms with Gasteiger partial charge >= 0.3 is 12.4 Å². The Balaban J connectivity index is 2.21. The molecule has 2 aromatic carbocycles. The number of hydrogen-bond acceptors (Lipinski definition) is 3. The number of rotatable bonds is 8. The minimum Gasteiger partial charge on any atom is -0.350 e. The van der Waals surface area contributed by atoms with Crippen molar-refractivity contribution in [2.45, 2.75) is 18.4 Å². The maximum absolute atomic E-state index is 13.0. The Kier molecular flexibility index (Phi) is 8.08. The van der Waals surface area contributed by atoms with Gasteiger partial charge in [0, 0.05) is 31.2 Å². The lowest BCUT2D eigenvalue weighted by Gasteiger charge is -2.21. The van der Waals surface area contributed by atoms with E-state index in [1.165, 1.54) is 0 Å². The Bertz CT molecular complexity index is 833. The molecule has 31 heavy (non-hydrogen) atoms. The van der Waals surface area contributed by atoms with Crippen LogP contribution in [0.4, 0.5) is 26.3 Å². The molecule has 0 saturated carbocycles. The van der Waals surface area contributed by atoms with Gasteiger partial charge in [0.15, 0.2) is 0 Å². The van der Waals surface area contributed by atoms with Gasteiger partial charge in [-0.3, -0.25) is 4.79 Å². The number of hydrogen-bond donors (Lipinski definition) is 2. The Morgan fingerprint density at radius 3 is 1.97 bits per heavy atom.